The summed E-state index contributed by atoms with van der Waals surface area (Å²) < 4.78 is 6.25. The van der Waals surface area contributed by atoms with E-state index in [0.717, 1.165) is 15.9 Å². The van der Waals surface area contributed by atoms with Crippen molar-refractivity contribution in [2.24, 2.45) is 5.41 Å². The van der Waals surface area contributed by atoms with Gasteiger partial charge in [-0.1, -0.05) is 29.8 Å². The predicted octanol–water partition coefficient (Wildman–Crippen LogP) is 2.89. The lowest BCUT2D eigenvalue weighted by Gasteiger charge is -2.23. The molecule has 2 N–H and O–H groups in total. The van der Waals surface area contributed by atoms with Gasteiger partial charge in [-0.25, -0.2) is 0 Å². The minimum Gasteiger partial charge on any atom is -0.495 e. The van der Waals surface area contributed by atoms with Crippen molar-refractivity contribution >= 4 is 21.6 Å². The maximum Gasteiger partial charge on any atom is 0.142 e. The third kappa shape index (κ3) is 3.68. The fraction of sp³-hybridized carbons (Fsp3) is 0.500. The Morgan fingerprint density at radius 3 is 2.69 bits per heavy atom. The Labute approximate surface area is 105 Å². The zero-order valence-electron chi connectivity index (χ0n) is 9.88. The van der Waals surface area contributed by atoms with Crippen LogP contribution in [-0.2, 0) is 0 Å². The molecule has 0 radical (unpaired) electrons. The first-order chi connectivity index (χ1) is 7.48. The highest BCUT2D eigenvalue weighted by molar-refractivity contribution is 9.10. The first kappa shape index (κ1) is 13.3. The van der Waals surface area contributed by atoms with Crippen LogP contribution in [0.5, 0.6) is 5.75 Å². The lowest BCUT2D eigenvalue weighted by molar-refractivity contribution is 0.170. The Morgan fingerprint density at radius 2 is 2.12 bits per heavy atom. The van der Waals surface area contributed by atoms with E-state index in [2.05, 4.69) is 21.2 Å². The summed E-state index contributed by atoms with van der Waals surface area (Å²) in [6.45, 7) is 4.85. The number of rotatable bonds is 5. The average Bonchev–Trinajstić information content (AvgIpc) is 2.27. The lowest BCUT2D eigenvalue weighted by atomic mass is 9.95. The van der Waals surface area contributed by atoms with Gasteiger partial charge in [-0.05, 0) is 18.2 Å². The summed E-state index contributed by atoms with van der Waals surface area (Å²) >= 11 is 3.42. The van der Waals surface area contributed by atoms with Crippen LogP contribution in [0.4, 0.5) is 5.69 Å². The zero-order chi connectivity index (χ0) is 12.2. The van der Waals surface area contributed by atoms with Gasteiger partial charge in [-0.2, -0.15) is 0 Å². The molecule has 3 nitrogen and oxygen atoms in total. The summed E-state index contributed by atoms with van der Waals surface area (Å²) in [5.41, 5.74) is 0.784. The van der Waals surface area contributed by atoms with Crippen LogP contribution in [0.2, 0.25) is 0 Å². The largest absolute Gasteiger partial charge is 0.495 e. The molecule has 0 aliphatic heterocycles. The second kappa shape index (κ2) is 5.55. The molecule has 0 aromatic heterocycles. The summed E-state index contributed by atoms with van der Waals surface area (Å²) in [7, 11) is 1.64. The van der Waals surface area contributed by atoms with Crippen molar-refractivity contribution in [3.05, 3.63) is 22.7 Å². The van der Waals surface area contributed by atoms with E-state index in [-0.39, 0.29) is 12.0 Å². The van der Waals surface area contributed by atoms with E-state index in [9.17, 15) is 5.11 Å². The van der Waals surface area contributed by atoms with Gasteiger partial charge < -0.3 is 15.2 Å². The van der Waals surface area contributed by atoms with Crippen LogP contribution in [0.3, 0.4) is 0 Å². The molecule has 0 heterocycles. The van der Waals surface area contributed by atoms with Crippen molar-refractivity contribution in [2.45, 2.75) is 13.8 Å². The monoisotopic (exact) mass is 287 g/mol. The smallest absolute Gasteiger partial charge is 0.142 e. The summed E-state index contributed by atoms with van der Waals surface area (Å²) in [4.78, 5) is 0. The van der Waals surface area contributed by atoms with Crippen molar-refractivity contribution in [2.75, 3.05) is 25.6 Å². The Balaban J connectivity index is 2.76. The summed E-state index contributed by atoms with van der Waals surface area (Å²) in [6.07, 6.45) is 0. The normalized spacial score (nSPS) is 11.3. The van der Waals surface area contributed by atoms with Gasteiger partial charge in [0.2, 0.25) is 0 Å². The van der Waals surface area contributed by atoms with Crippen LogP contribution in [0.1, 0.15) is 13.8 Å². The maximum absolute atomic E-state index is 9.17. The van der Waals surface area contributed by atoms with Gasteiger partial charge in [0, 0.05) is 23.0 Å². The average molecular weight is 288 g/mol. The Hall–Kier alpha value is -0.740. The molecular formula is C12H18BrNO2. The first-order valence-electron chi connectivity index (χ1n) is 5.17. The predicted molar refractivity (Wildman–Crippen MR) is 70.1 cm³/mol. The van der Waals surface area contributed by atoms with Gasteiger partial charge in [0.25, 0.3) is 0 Å². The third-order valence-corrected chi connectivity index (χ3v) is 2.84. The van der Waals surface area contributed by atoms with Gasteiger partial charge in [-0.3, -0.25) is 0 Å². The Bertz CT molecular complexity index is 353. The number of ether oxygens (including phenoxy) is 1. The second-order valence-electron chi connectivity index (χ2n) is 4.52. The molecule has 0 aliphatic rings. The molecule has 1 aromatic carbocycles. The molecule has 0 aliphatic carbocycles. The quantitative estimate of drug-likeness (QED) is 0.875. The van der Waals surface area contributed by atoms with E-state index < -0.39 is 0 Å². The first-order valence-corrected chi connectivity index (χ1v) is 5.96. The van der Waals surface area contributed by atoms with Gasteiger partial charge in [0.1, 0.15) is 5.75 Å². The fourth-order valence-electron chi connectivity index (χ4n) is 1.21. The minimum absolute atomic E-state index is 0.146. The molecule has 90 valence electrons. The molecule has 16 heavy (non-hydrogen) atoms. The fourth-order valence-corrected chi connectivity index (χ4v) is 1.57. The van der Waals surface area contributed by atoms with Crippen LogP contribution >= 0.6 is 15.9 Å². The van der Waals surface area contributed by atoms with Crippen molar-refractivity contribution in [1.29, 1.82) is 0 Å². The van der Waals surface area contributed by atoms with E-state index in [1.165, 1.54) is 0 Å². The van der Waals surface area contributed by atoms with E-state index in [4.69, 9.17) is 4.74 Å². The number of aliphatic hydroxyl groups is 1. The van der Waals surface area contributed by atoms with E-state index in [0.29, 0.717) is 6.54 Å². The number of halogens is 1. The molecule has 1 aromatic rings. The van der Waals surface area contributed by atoms with Gasteiger partial charge in [0.15, 0.2) is 0 Å². The highest BCUT2D eigenvalue weighted by Gasteiger charge is 2.16. The van der Waals surface area contributed by atoms with Crippen molar-refractivity contribution in [3.8, 4) is 5.75 Å². The highest BCUT2D eigenvalue weighted by Crippen LogP contribution is 2.29. The van der Waals surface area contributed by atoms with Crippen LogP contribution in [-0.4, -0.2) is 25.4 Å². The SMILES string of the molecule is COc1ccc(Br)cc1NCC(C)(C)CO. The highest BCUT2D eigenvalue weighted by atomic mass is 79.9. The zero-order valence-corrected chi connectivity index (χ0v) is 11.5. The van der Waals surface area contributed by atoms with E-state index >= 15 is 0 Å². The molecule has 0 unspecified atom stereocenters. The van der Waals surface area contributed by atoms with Crippen molar-refractivity contribution in [3.63, 3.8) is 0 Å². The van der Waals surface area contributed by atoms with Crippen molar-refractivity contribution < 1.29 is 9.84 Å². The number of hydrogen-bond acceptors (Lipinski definition) is 3. The number of anilines is 1. The molecule has 0 bridgehead atoms. The number of methoxy groups -OCH3 is 1. The third-order valence-electron chi connectivity index (χ3n) is 2.35. The summed E-state index contributed by atoms with van der Waals surface area (Å²) in [5, 5.41) is 12.5. The topological polar surface area (TPSA) is 41.5 Å². The van der Waals surface area contributed by atoms with Crippen LogP contribution in [0, 0.1) is 5.41 Å². The Kier molecular flexibility index (Phi) is 4.62. The van der Waals surface area contributed by atoms with Gasteiger partial charge in [-0.15, -0.1) is 0 Å². The molecule has 0 spiro atoms. The van der Waals surface area contributed by atoms with Crippen molar-refractivity contribution in [1.82, 2.24) is 0 Å². The molecular weight excluding hydrogens is 270 g/mol. The molecule has 1 rings (SSSR count). The summed E-state index contributed by atoms with van der Waals surface area (Å²) in [6, 6.07) is 5.80. The Morgan fingerprint density at radius 1 is 1.44 bits per heavy atom. The molecule has 0 fully saturated rings. The van der Waals surface area contributed by atoms with Crippen LogP contribution in [0.25, 0.3) is 0 Å². The van der Waals surface area contributed by atoms with E-state index in [1.54, 1.807) is 7.11 Å². The summed E-state index contributed by atoms with van der Waals surface area (Å²) in [5.74, 6) is 0.803. The minimum atomic E-state index is -0.146. The van der Waals surface area contributed by atoms with E-state index in [1.807, 2.05) is 32.0 Å². The molecule has 4 heteroatoms. The molecule has 0 saturated heterocycles. The maximum atomic E-state index is 9.17. The van der Waals surface area contributed by atoms with Crippen LogP contribution in [0.15, 0.2) is 22.7 Å². The standard InChI is InChI=1S/C12H18BrNO2/c1-12(2,8-15)7-14-10-6-9(13)4-5-11(10)16-3/h4-6,14-15H,7-8H2,1-3H3. The number of aliphatic hydroxyl groups excluding tert-OH is 1. The second-order valence-corrected chi connectivity index (χ2v) is 5.44. The molecule has 0 amide bonds. The van der Waals surface area contributed by atoms with Crippen LogP contribution < -0.4 is 10.1 Å². The lowest BCUT2D eigenvalue weighted by Crippen LogP contribution is -2.26. The van der Waals surface area contributed by atoms with Gasteiger partial charge >= 0.3 is 0 Å². The number of nitrogens with one attached hydrogen (secondary N) is 1. The van der Waals surface area contributed by atoms with Gasteiger partial charge in [0.05, 0.1) is 12.8 Å². The number of hydrogen-bond donors (Lipinski definition) is 2. The molecule has 0 atom stereocenters. The molecule has 0 saturated carbocycles. The number of benzene rings is 1.